The Morgan fingerprint density at radius 2 is 1.61 bits per heavy atom. The van der Waals surface area contributed by atoms with Crippen molar-refractivity contribution in [3.63, 3.8) is 0 Å². The van der Waals surface area contributed by atoms with Crippen LogP contribution in [0.5, 0.6) is 0 Å². The third-order valence-electron chi connectivity index (χ3n) is 4.67. The minimum Gasteiger partial charge on any atom is -0.325 e. The molecular weight excluding hydrogens is 422 g/mol. The van der Waals surface area contributed by atoms with Gasteiger partial charge in [0.25, 0.3) is 0 Å². The number of halogens is 2. The lowest BCUT2D eigenvalue weighted by Gasteiger charge is -2.22. The van der Waals surface area contributed by atoms with Crippen molar-refractivity contribution < 1.29 is 22.0 Å². The number of hydrogen-bond acceptors (Lipinski definition) is 3. The Labute approximate surface area is 180 Å². The molecule has 0 spiro atoms. The summed E-state index contributed by atoms with van der Waals surface area (Å²) < 4.78 is 54.0. The topological polar surface area (TPSA) is 66.5 Å². The summed E-state index contributed by atoms with van der Waals surface area (Å²) in [6.07, 6.45) is 0.407. The van der Waals surface area contributed by atoms with Gasteiger partial charge in [-0.05, 0) is 43.2 Å². The fourth-order valence-corrected chi connectivity index (χ4v) is 4.37. The quantitative estimate of drug-likeness (QED) is 0.568. The zero-order valence-electron chi connectivity index (χ0n) is 16.9. The molecule has 0 atom stereocenters. The van der Waals surface area contributed by atoms with Crippen LogP contribution in [0.4, 0.5) is 14.5 Å². The predicted molar refractivity (Wildman–Crippen MR) is 115 cm³/mol. The molecule has 0 aliphatic rings. The Morgan fingerprint density at radius 3 is 2.26 bits per heavy atom. The van der Waals surface area contributed by atoms with E-state index in [1.54, 1.807) is 12.1 Å². The van der Waals surface area contributed by atoms with Crippen LogP contribution in [0, 0.1) is 18.6 Å². The van der Waals surface area contributed by atoms with Gasteiger partial charge in [0.15, 0.2) is 11.6 Å². The van der Waals surface area contributed by atoms with E-state index in [1.165, 1.54) is 18.2 Å². The van der Waals surface area contributed by atoms with Gasteiger partial charge in [-0.25, -0.2) is 17.2 Å². The van der Waals surface area contributed by atoms with Crippen molar-refractivity contribution in [2.45, 2.75) is 18.2 Å². The highest BCUT2D eigenvalue weighted by atomic mass is 32.2. The zero-order valence-corrected chi connectivity index (χ0v) is 17.7. The summed E-state index contributed by atoms with van der Waals surface area (Å²) in [5.74, 6) is -2.80. The Hall–Kier alpha value is -3.10. The Balaban J connectivity index is 1.81. The van der Waals surface area contributed by atoms with Crippen molar-refractivity contribution in [2.24, 2.45) is 0 Å². The van der Waals surface area contributed by atoms with Gasteiger partial charge in [0.05, 0.1) is 11.4 Å². The molecule has 0 unspecified atom stereocenters. The highest BCUT2D eigenvalue weighted by Gasteiger charge is 2.26. The van der Waals surface area contributed by atoms with Gasteiger partial charge in [-0.15, -0.1) is 0 Å². The molecule has 0 heterocycles. The van der Waals surface area contributed by atoms with Gasteiger partial charge in [-0.1, -0.05) is 48.0 Å². The van der Waals surface area contributed by atoms with E-state index in [2.05, 4.69) is 5.32 Å². The lowest BCUT2D eigenvalue weighted by atomic mass is 10.1. The van der Waals surface area contributed by atoms with Crippen LogP contribution < -0.4 is 5.32 Å². The number of hydrogen-bond donors (Lipinski definition) is 1. The number of nitrogens with one attached hydrogen (secondary N) is 1. The van der Waals surface area contributed by atoms with Crippen LogP contribution in [0.2, 0.25) is 0 Å². The Bertz CT molecular complexity index is 1150. The van der Waals surface area contributed by atoms with E-state index in [1.807, 2.05) is 37.3 Å². The monoisotopic (exact) mass is 444 g/mol. The maximum absolute atomic E-state index is 13.4. The van der Waals surface area contributed by atoms with Crippen molar-refractivity contribution in [3.8, 4) is 0 Å². The van der Waals surface area contributed by atoms with Crippen molar-refractivity contribution in [3.05, 3.63) is 95.6 Å². The van der Waals surface area contributed by atoms with E-state index in [0.717, 1.165) is 27.6 Å². The van der Waals surface area contributed by atoms with Gasteiger partial charge in [-0.2, -0.15) is 4.31 Å². The average molecular weight is 445 g/mol. The molecule has 0 aromatic heterocycles. The molecule has 3 rings (SSSR count). The molecule has 1 amide bonds. The second kappa shape index (κ2) is 9.80. The first-order valence-electron chi connectivity index (χ1n) is 9.61. The number of carbonyl (C=O) groups excluding carboxylic acids is 1. The second-order valence-electron chi connectivity index (χ2n) is 7.06. The standard InChI is InChI=1S/C23H22F2N2O3S/c1-17-7-10-20(11-8-17)31(29,30)27(14-13-18-5-3-2-4-6-18)16-23(28)26-19-9-12-21(24)22(25)15-19/h2-12,15H,13-14,16H2,1H3,(H,26,28). The first-order valence-corrected chi connectivity index (χ1v) is 11.1. The minimum absolute atomic E-state index is 0.0413. The molecule has 0 saturated carbocycles. The number of anilines is 1. The van der Waals surface area contributed by atoms with Gasteiger partial charge < -0.3 is 5.32 Å². The summed E-state index contributed by atoms with van der Waals surface area (Å²) in [6, 6.07) is 18.6. The largest absolute Gasteiger partial charge is 0.325 e. The predicted octanol–water partition coefficient (Wildman–Crippen LogP) is 4.15. The van der Waals surface area contributed by atoms with E-state index in [9.17, 15) is 22.0 Å². The molecule has 0 aliphatic heterocycles. The molecule has 0 aliphatic carbocycles. The average Bonchev–Trinajstić information content (AvgIpc) is 2.74. The third kappa shape index (κ3) is 5.96. The van der Waals surface area contributed by atoms with Crippen molar-refractivity contribution in [1.29, 1.82) is 0 Å². The van der Waals surface area contributed by atoms with Gasteiger partial charge in [0.1, 0.15) is 0 Å². The molecule has 3 aromatic carbocycles. The fourth-order valence-electron chi connectivity index (χ4n) is 2.98. The van der Waals surface area contributed by atoms with Crippen LogP contribution in [-0.2, 0) is 21.2 Å². The Kier molecular flexibility index (Phi) is 7.14. The fraction of sp³-hybridized carbons (Fsp3) is 0.174. The zero-order chi connectivity index (χ0) is 22.4. The molecule has 31 heavy (non-hydrogen) atoms. The molecule has 0 saturated heterocycles. The number of aryl methyl sites for hydroxylation is 1. The molecule has 0 fully saturated rings. The second-order valence-corrected chi connectivity index (χ2v) is 9.00. The summed E-state index contributed by atoms with van der Waals surface area (Å²) in [4.78, 5) is 12.6. The van der Waals surface area contributed by atoms with Crippen LogP contribution in [-0.4, -0.2) is 31.7 Å². The van der Waals surface area contributed by atoms with Gasteiger partial charge in [-0.3, -0.25) is 4.79 Å². The first kappa shape index (κ1) is 22.6. The number of carbonyl (C=O) groups is 1. The SMILES string of the molecule is Cc1ccc(S(=O)(=O)N(CCc2ccccc2)CC(=O)Nc2ccc(F)c(F)c2)cc1. The molecular formula is C23H22F2N2O3S. The number of benzene rings is 3. The van der Waals surface area contributed by atoms with Crippen molar-refractivity contribution in [2.75, 3.05) is 18.4 Å². The molecule has 5 nitrogen and oxygen atoms in total. The highest BCUT2D eigenvalue weighted by molar-refractivity contribution is 7.89. The van der Waals surface area contributed by atoms with Crippen LogP contribution in [0.1, 0.15) is 11.1 Å². The molecule has 0 radical (unpaired) electrons. The first-order chi connectivity index (χ1) is 14.8. The smallest absolute Gasteiger partial charge is 0.243 e. The highest BCUT2D eigenvalue weighted by Crippen LogP contribution is 2.18. The van der Waals surface area contributed by atoms with Crippen LogP contribution in [0.3, 0.4) is 0 Å². The Morgan fingerprint density at radius 1 is 0.935 bits per heavy atom. The van der Waals surface area contributed by atoms with Gasteiger partial charge in [0, 0.05) is 18.3 Å². The number of amides is 1. The van der Waals surface area contributed by atoms with E-state index in [4.69, 9.17) is 0 Å². The summed E-state index contributed by atoms with van der Waals surface area (Å²) >= 11 is 0. The molecule has 0 bridgehead atoms. The molecule has 8 heteroatoms. The molecule has 1 N–H and O–H groups in total. The molecule has 162 valence electrons. The maximum atomic E-state index is 13.4. The number of sulfonamides is 1. The van der Waals surface area contributed by atoms with Crippen molar-refractivity contribution in [1.82, 2.24) is 4.31 Å². The van der Waals surface area contributed by atoms with E-state index >= 15 is 0 Å². The summed E-state index contributed by atoms with van der Waals surface area (Å²) in [7, 11) is -3.95. The lowest BCUT2D eigenvalue weighted by molar-refractivity contribution is -0.116. The van der Waals surface area contributed by atoms with Gasteiger partial charge >= 0.3 is 0 Å². The van der Waals surface area contributed by atoms with Crippen LogP contribution >= 0.6 is 0 Å². The summed E-state index contributed by atoms with van der Waals surface area (Å²) in [5.41, 5.74) is 1.87. The van der Waals surface area contributed by atoms with Crippen molar-refractivity contribution >= 4 is 21.6 Å². The molecule has 3 aromatic rings. The summed E-state index contributed by atoms with van der Waals surface area (Å²) in [5, 5.41) is 2.42. The van der Waals surface area contributed by atoms with E-state index < -0.39 is 34.1 Å². The number of rotatable bonds is 8. The van der Waals surface area contributed by atoms with Crippen LogP contribution in [0.25, 0.3) is 0 Å². The van der Waals surface area contributed by atoms with Gasteiger partial charge in [0.2, 0.25) is 15.9 Å². The minimum atomic E-state index is -3.95. The van der Waals surface area contributed by atoms with E-state index in [0.29, 0.717) is 6.42 Å². The maximum Gasteiger partial charge on any atom is 0.243 e. The number of nitrogens with zero attached hydrogens (tertiary/aromatic N) is 1. The summed E-state index contributed by atoms with van der Waals surface area (Å²) in [6.45, 7) is 1.45. The van der Waals surface area contributed by atoms with E-state index in [-0.39, 0.29) is 17.1 Å². The third-order valence-corrected chi connectivity index (χ3v) is 6.53. The lowest BCUT2D eigenvalue weighted by Crippen LogP contribution is -2.39. The normalized spacial score (nSPS) is 11.5. The van der Waals surface area contributed by atoms with Crippen LogP contribution in [0.15, 0.2) is 77.7 Å².